The fourth-order valence-electron chi connectivity index (χ4n) is 3.69. The first-order valence-electron chi connectivity index (χ1n) is 9.52. The summed E-state index contributed by atoms with van der Waals surface area (Å²) in [5, 5.41) is 7.95. The minimum absolute atomic E-state index is 0.278. The van der Waals surface area contributed by atoms with Gasteiger partial charge in [-0.25, -0.2) is 4.79 Å². The van der Waals surface area contributed by atoms with Crippen molar-refractivity contribution in [3.63, 3.8) is 0 Å². The first kappa shape index (κ1) is 19.9. The highest BCUT2D eigenvalue weighted by molar-refractivity contribution is 6.30. The van der Waals surface area contributed by atoms with Crippen molar-refractivity contribution in [2.24, 2.45) is 0 Å². The fraction of sp³-hybridized carbons (Fsp3) is 0.174. The Kier molecular flexibility index (Phi) is 5.18. The van der Waals surface area contributed by atoms with Crippen molar-refractivity contribution >= 4 is 40.2 Å². The molecule has 152 valence electrons. The van der Waals surface area contributed by atoms with Crippen LogP contribution in [0.2, 0.25) is 5.02 Å². The second-order valence-corrected chi connectivity index (χ2v) is 7.81. The molecule has 4 amide bonds. The Labute approximate surface area is 178 Å². The Morgan fingerprint density at radius 3 is 2.50 bits per heavy atom. The van der Waals surface area contributed by atoms with Gasteiger partial charge in [-0.15, -0.1) is 0 Å². The lowest BCUT2D eigenvalue weighted by molar-refractivity contribution is -0.134. The molecule has 0 unspecified atom stereocenters. The van der Waals surface area contributed by atoms with E-state index in [2.05, 4.69) is 10.6 Å². The number of nitrogens with zero attached hydrogens (tertiary/aromatic N) is 1. The number of amides is 4. The molecule has 1 fully saturated rings. The number of halogens is 1. The maximum Gasteiger partial charge on any atom is 0.325 e. The van der Waals surface area contributed by atoms with Gasteiger partial charge < -0.3 is 10.6 Å². The molecule has 0 aromatic heterocycles. The zero-order valence-electron chi connectivity index (χ0n) is 16.3. The van der Waals surface area contributed by atoms with Crippen LogP contribution in [-0.2, 0) is 21.7 Å². The number of carbonyl (C=O) groups is 3. The number of benzene rings is 3. The summed E-state index contributed by atoms with van der Waals surface area (Å²) >= 11 is 5.86. The highest BCUT2D eigenvalue weighted by atomic mass is 35.5. The molecular weight excluding hydrogens is 402 g/mol. The van der Waals surface area contributed by atoms with Crippen LogP contribution in [0.15, 0.2) is 66.7 Å². The molecule has 6 nitrogen and oxygen atoms in total. The van der Waals surface area contributed by atoms with Crippen LogP contribution in [0, 0.1) is 0 Å². The summed E-state index contributed by atoms with van der Waals surface area (Å²) in [6.07, 6.45) is 0. The van der Waals surface area contributed by atoms with Gasteiger partial charge in [-0.1, -0.05) is 66.2 Å². The lowest BCUT2D eigenvalue weighted by Gasteiger charge is -2.24. The van der Waals surface area contributed by atoms with Crippen LogP contribution in [0.4, 0.5) is 4.79 Å². The van der Waals surface area contributed by atoms with E-state index in [1.165, 1.54) is 0 Å². The van der Waals surface area contributed by atoms with Gasteiger partial charge in [-0.05, 0) is 41.0 Å². The summed E-state index contributed by atoms with van der Waals surface area (Å²) in [5.41, 5.74) is 0.322. The third-order valence-corrected chi connectivity index (χ3v) is 5.56. The number of rotatable bonds is 5. The summed E-state index contributed by atoms with van der Waals surface area (Å²) in [5.74, 6) is -0.874. The van der Waals surface area contributed by atoms with Gasteiger partial charge in [0.25, 0.3) is 5.91 Å². The van der Waals surface area contributed by atoms with Gasteiger partial charge in [0.1, 0.15) is 12.1 Å². The minimum atomic E-state index is -1.24. The third-order valence-electron chi connectivity index (χ3n) is 5.31. The van der Waals surface area contributed by atoms with Crippen molar-refractivity contribution in [3.8, 4) is 0 Å². The predicted octanol–water partition coefficient (Wildman–Crippen LogP) is 3.58. The number of imide groups is 1. The molecule has 1 atom stereocenters. The van der Waals surface area contributed by atoms with Crippen LogP contribution in [-0.4, -0.2) is 29.3 Å². The van der Waals surface area contributed by atoms with Crippen molar-refractivity contribution in [1.82, 2.24) is 15.5 Å². The van der Waals surface area contributed by atoms with Gasteiger partial charge in [-0.3, -0.25) is 14.5 Å². The van der Waals surface area contributed by atoms with Gasteiger partial charge in [0.05, 0.1) is 0 Å². The summed E-state index contributed by atoms with van der Waals surface area (Å²) in [4.78, 5) is 39.1. The molecule has 1 aliphatic rings. The van der Waals surface area contributed by atoms with Gasteiger partial charge in [0, 0.05) is 11.6 Å². The normalized spacial score (nSPS) is 18.5. The number of carbonyl (C=O) groups excluding carboxylic acids is 3. The van der Waals surface area contributed by atoms with Crippen molar-refractivity contribution in [2.45, 2.75) is 19.0 Å². The molecule has 0 saturated carbocycles. The Morgan fingerprint density at radius 1 is 1.03 bits per heavy atom. The topological polar surface area (TPSA) is 78.5 Å². The Hall–Kier alpha value is -3.38. The van der Waals surface area contributed by atoms with Crippen LogP contribution in [0.5, 0.6) is 0 Å². The molecule has 0 aliphatic carbocycles. The average Bonchev–Trinajstić information content (AvgIpc) is 2.96. The average molecular weight is 422 g/mol. The van der Waals surface area contributed by atoms with Crippen LogP contribution in [0.1, 0.15) is 18.1 Å². The number of hydrogen-bond acceptors (Lipinski definition) is 3. The number of hydrogen-bond donors (Lipinski definition) is 2. The van der Waals surface area contributed by atoms with Crippen LogP contribution in [0.3, 0.4) is 0 Å². The molecule has 30 heavy (non-hydrogen) atoms. The van der Waals surface area contributed by atoms with Crippen LogP contribution in [0.25, 0.3) is 10.8 Å². The largest absolute Gasteiger partial charge is 0.350 e. The van der Waals surface area contributed by atoms with Gasteiger partial charge in [0.15, 0.2) is 0 Å². The molecule has 0 spiro atoms. The SMILES string of the molecule is C[C@]1(c2cccc3ccccc23)NC(=O)N(CC(=O)NCc2ccc(Cl)cc2)C1=O. The van der Waals surface area contributed by atoms with E-state index in [0.717, 1.165) is 21.2 Å². The summed E-state index contributed by atoms with van der Waals surface area (Å²) < 4.78 is 0. The Bertz CT molecular complexity index is 1140. The molecule has 1 saturated heterocycles. The van der Waals surface area contributed by atoms with Crippen molar-refractivity contribution in [2.75, 3.05) is 6.54 Å². The smallest absolute Gasteiger partial charge is 0.325 e. The van der Waals surface area contributed by atoms with E-state index in [9.17, 15) is 14.4 Å². The van der Waals surface area contributed by atoms with Crippen LogP contribution < -0.4 is 10.6 Å². The lowest BCUT2D eigenvalue weighted by atomic mass is 9.88. The maximum absolute atomic E-state index is 13.2. The molecule has 1 aliphatic heterocycles. The summed E-state index contributed by atoms with van der Waals surface area (Å²) in [6, 6.07) is 19.8. The standard InChI is InChI=1S/C23H20ClN3O3/c1-23(19-8-4-6-16-5-2-3-7-18(16)19)21(29)27(22(30)26-23)14-20(28)25-13-15-9-11-17(24)12-10-15/h2-12H,13-14H2,1H3,(H,25,28)(H,26,30)/t23-/m1/s1. The molecule has 3 aromatic carbocycles. The van der Waals surface area contributed by atoms with E-state index in [-0.39, 0.29) is 13.1 Å². The number of nitrogens with one attached hydrogen (secondary N) is 2. The first-order valence-corrected chi connectivity index (χ1v) is 9.90. The van der Waals surface area contributed by atoms with E-state index in [0.29, 0.717) is 10.6 Å². The second kappa shape index (κ2) is 7.80. The summed E-state index contributed by atoms with van der Waals surface area (Å²) in [7, 11) is 0. The molecular formula is C23H20ClN3O3. The van der Waals surface area contributed by atoms with Gasteiger partial charge >= 0.3 is 6.03 Å². The van der Waals surface area contributed by atoms with Crippen molar-refractivity contribution in [1.29, 1.82) is 0 Å². The highest BCUT2D eigenvalue weighted by Crippen LogP contribution is 2.33. The predicted molar refractivity (Wildman–Crippen MR) is 115 cm³/mol. The third kappa shape index (κ3) is 3.62. The Morgan fingerprint density at radius 2 is 1.73 bits per heavy atom. The molecule has 1 heterocycles. The van der Waals surface area contributed by atoms with Crippen molar-refractivity contribution in [3.05, 3.63) is 82.9 Å². The number of fused-ring (bicyclic) bond motifs is 1. The van der Waals surface area contributed by atoms with Gasteiger partial charge in [-0.2, -0.15) is 0 Å². The summed E-state index contributed by atoms with van der Waals surface area (Å²) in [6.45, 7) is 1.60. The molecule has 7 heteroatoms. The minimum Gasteiger partial charge on any atom is -0.350 e. The van der Waals surface area contributed by atoms with Crippen LogP contribution >= 0.6 is 11.6 Å². The Balaban J connectivity index is 1.50. The van der Waals surface area contributed by atoms with Crippen molar-refractivity contribution < 1.29 is 14.4 Å². The molecule has 2 N–H and O–H groups in total. The molecule has 0 bridgehead atoms. The van der Waals surface area contributed by atoms with E-state index in [1.807, 2.05) is 42.5 Å². The van der Waals surface area contributed by atoms with E-state index < -0.39 is 23.4 Å². The fourth-order valence-corrected chi connectivity index (χ4v) is 3.81. The first-order chi connectivity index (χ1) is 14.4. The molecule has 3 aromatic rings. The monoisotopic (exact) mass is 421 g/mol. The zero-order chi connectivity index (χ0) is 21.3. The quantitative estimate of drug-likeness (QED) is 0.618. The van der Waals surface area contributed by atoms with E-state index >= 15 is 0 Å². The second-order valence-electron chi connectivity index (χ2n) is 7.38. The maximum atomic E-state index is 13.2. The zero-order valence-corrected chi connectivity index (χ0v) is 17.1. The molecule has 0 radical (unpaired) electrons. The lowest BCUT2D eigenvalue weighted by Crippen LogP contribution is -2.43. The number of urea groups is 1. The van der Waals surface area contributed by atoms with Gasteiger partial charge in [0.2, 0.25) is 5.91 Å². The van der Waals surface area contributed by atoms with E-state index in [4.69, 9.17) is 11.6 Å². The molecule has 4 rings (SSSR count). The van der Waals surface area contributed by atoms with E-state index in [1.54, 1.807) is 31.2 Å². The highest BCUT2D eigenvalue weighted by Gasteiger charge is 2.50.